The number of rotatable bonds is 7. The average Bonchev–Trinajstić information content (AvgIpc) is 2.91. The highest BCUT2D eigenvalue weighted by Crippen LogP contribution is 2.75. The van der Waals surface area contributed by atoms with Gasteiger partial charge in [-0.3, -0.25) is 4.79 Å². The van der Waals surface area contributed by atoms with Crippen molar-refractivity contribution in [2.45, 2.75) is 133 Å². The average molecular weight is 628 g/mol. The third kappa shape index (κ3) is 4.72. The van der Waals surface area contributed by atoms with Crippen molar-refractivity contribution in [2.75, 3.05) is 33.9 Å². The lowest BCUT2D eigenvalue weighted by Crippen LogP contribution is -2.69. The van der Waals surface area contributed by atoms with Gasteiger partial charge in [0.2, 0.25) is 0 Å². The van der Waals surface area contributed by atoms with Crippen molar-refractivity contribution in [3.8, 4) is 0 Å². The van der Waals surface area contributed by atoms with Gasteiger partial charge < -0.3 is 19.5 Å². The summed E-state index contributed by atoms with van der Waals surface area (Å²) < 4.78 is 13.8. The molecule has 12 atom stereocenters. The maximum atomic E-state index is 13.4. The van der Waals surface area contributed by atoms with Gasteiger partial charge in [0, 0.05) is 16.4 Å². The highest BCUT2D eigenvalue weighted by atomic mass is 16.5. The van der Waals surface area contributed by atoms with E-state index in [1.54, 1.807) is 5.57 Å². The molecule has 0 aromatic heterocycles. The Balaban J connectivity index is 1.52. The zero-order valence-electron chi connectivity index (χ0n) is 31.6. The molecule has 258 valence electrons. The number of hydrogen-bond acceptors (Lipinski definition) is 4. The molecule has 0 unspecified atom stereocenters. The summed E-state index contributed by atoms with van der Waals surface area (Å²) in [6.45, 7) is 30.5. The molecule has 1 N–H and O–H groups in total. The second-order valence-electron chi connectivity index (χ2n) is 19.7. The summed E-state index contributed by atoms with van der Waals surface area (Å²) in [4.78, 5) is 15.7. The molecule has 1 heterocycles. The van der Waals surface area contributed by atoms with Gasteiger partial charge in [-0.1, -0.05) is 87.8 Å². The second-order valence-corrected chi connectivity index (χ2v) is 19.7. The van der Waals surface area contributed by atoms with E-state index in [1.807, 2.05) is 0 Å². The van der Waals surface area contributed by atoms with Crippen LogP contribution in [0.4, 0.5) is 0 Å². The smallest absolute Gasteiger partial charge is 0.307 e. The Morgan fingerprint density at radius 1 is 1.04 bits per heavy atom. The lowest BCUT2D eigenvalue weighted by molar-refractivity contribution is -0.256. The molecule has 1 aliphatic heterocycles. The molecule has 4 fully saturated rings. The number of carbonyl (C=O) groups is 1. The van der Waals surface area contributed by atoms with Crippen LogP contribution in [0.5, 0.6) is 0 Å². The molecule has 0 spiro atoms. The van der Waals surface area contributed by atoms with Gasteiger partial charge in [0.25, 0.3) is 0 Å². The van der Waals surface area contributed by atoms with Crippen LogP contribution in [0.2, 0.25) is 0 Å². The van der Waals surface area contributed by atoms with Crippen molar-refractivity contribution < 1.29 is 19.4 Å². The lowest BCUT2D eigenvalue weighted by atomic mass is 9.34. The fourth-order valence-corrected chi connectivity index (χ4v) is 12.6. The number of fused-ring (bicyclic) bond motifs is 3. The molecule has 2 bridgehead atoms. The summed E-state index contributed by atoms with van der Waals surface area (Å²) in [6, 6.07) is 0. The summed E-state index contributed by atoms with van der Waals surface area (Å²) in [5, 5.41) is 11.0. The van der Waals surface area contributed by atoms with Crippen molar-refractivity contribution in [3.05, 3.63) is 11.6 Å². The van der Waals surface area contributed by atoms with Crippen LogP contribution in [0.15, 0.2) is 11.6 Å². The van der Waals surface area contributed by atoms with Gasteiger partial charge in [0.15, 0.2) is 0 Å². The van der Waals surface area contributed by atoms with E-state index >= 15 is 0 Å². The molecule has 0 radical (unpaired) electrons. The minimum Gasteiger partial charge on any atom is -0.481 e. The first-order valence-electron chi connectivity index (χ1n) is 18.4. The Kier molecular flexibility index (Phi) is 8.70. The van der Waals surface area contributed by atoms with Crippen LogP contribution >= 0.6 is 0 Å². The monoisotopic (exact) mass is 628 g/mol. The molecule has 45 heavy (non-hydrogen) atoms. The van der Waals surface area contributed by atoms with E-state index in [9.17, 15) is 9.90 Å². The number of carboxylic acids is 1. The van der Waals surface area contributed by atoms with Crippen molar-refractivity contribution in [3.63, 3.8) is 0 Å². The SMILES string of the molecule is CC(C)[C@@H](C)[C@@]1(C)CC[C@]2(C)[C@H]3CC[C@@H]4[C@@]5(COC[C@]4(C)[C@@H](OC[C@@](C)(N(C)C)C(C)(C)C)[C@H](C)C5)C3=CC[C@@]2(C)[C@@H]1C(=O)O. The predicted octanol–water partition coefficient (Wildman–Crippen LogP) is 8.96. The number of ether oxygens (including phenoxy) is 2. The quantitative estimate of drug-likeness (QED) is 0.286. The van der Waals surface area contributed by atoms with Crippen LogP contribution in [0.3, 0.4) is 0 Å². The van der Waals surface area contributed by atoms with Crippen molar-refractivity contribution in [1.82, 2.24) is 4.90 Å². The Morgan fingerprint density at radius 3 is 2.24 bits per heavy atom. The lowest BCUT2D eigenvalue weighted by Gasteiger charge is -2.71. The van der Waals surface area contributed by atoms with Crippen LogP contribution in [0, 0.1) is 68.0 Å². The Labute approximate surface area is 276 Å². The maximum Gasteiger partial charge on any atom is 0.307 e. The fraction of sp³-hybridized carbons (Fsp3) is 0.925. The third-order valence-corrected chi connectivity index (χ3v) is 16.5. The van der Waals surface area contributed by atoms with E-state index in [-0.39, 0.29) is 50.1 Å². The van der Waals surface area contributed by atoms with E-state index in [2.05, 4.69) is 108 Å². The zero-order chi connectivity index (χ0) is 33.8. The summed E-state index contributed by atoms with van der Waals surface area (Å²) in [7, 11) is 4.37. The van der Waals surface area contributed by atoms with Gasteiger partial charge in [-0.05, 0) is 111 Å². The number of nitrogens with zero attached hydrogens (tertiary/aromatic N) is 1. The number of likely N-dealkylation sites (N-methyl/N-ethyl adjacent to an activating group) is 1. The zero-order valence-corrected chi connectivity index (χ0v) is 31.6. The van der Waals surface area contributed by atoms with Gasteiger partial charge in [0.05, 0.1) is 31.8 Å². The van der Waals surface area contributed by atoms with Gasteiger partial charge in [-0.25, -0.2) is 0 Å². The normalized spacial score (nSPS) is 46.8. The number of aliphatic carboxylic acids is 1. The van der Waals surface area contributed by atoms with Crippen LogP contribution in [-0.4, -0.2) is 61.5 Å². The topological polar surface area (TPSA) is 59.0 Å². The van der Waals surface area contributed by atoms with Gasteiger partial charge in [0.1, 0.15) is 0 Å². The second kappa shape index (κ2) is 11.1. The van der Waals surface area contributed by atoms with E-state index in [0.717, 1.165) is 45.3 Å². The summed E-state index contributed by atoms with van der Waals surface area (Å²) in [5.41, 5.74) is 1.08. The Morgan fingerprint density at radius 2 is 1.69 bits per heavy atom. The molecule has 5 nitrogen and oxygen atoms in total. The molecule has 0 aromatic carbocycles. The highest BCUT2D eigenvalue weighted by Gasteiger charge is 2.71. The van der Waals surface area contributed by atoms with E-state index < -0.39 is 5.97 Å². The molecule has 1 saturated heterocycles. The summed E-state index contributed by atoms with van der Waals surface area (Å²) in [6.07, 6.45) is 9.14. The molecule has 0 amide bonds. The van der Waals surface area contributed by atoms with Crippen LogP contribution < -0.4 is 0 Å². The Bertz CT molecular complexity index is 1190. The van der Waals surface area contributed by atoms with E-state index in [1.165, 1.54) is 6.42 Å². The summed E-state index contributed by atoms with van der Waals surface area (Å²) >= 11 is 0. The molecule has 4 aliphatic carbocycles. The predicted molar refractivity (Wildman–Crippen MR) is 184 cm³/mol. The highest BCUT2D eigenvalue weighted by molar-refractivity contribution is 5.73. The van der Waals surface area contributed by atoms with Crippen LogP contribution in [0.25, 0.3) is 0 Å². The van der Waals surface area contributed by atoms with Crippen molar-refractivity contribution >= 4 is 5.97 Å². The van der Waals surface area contributed by atoms with Gasteiger partial charge in [-0.2, -0.15) is 0 Å². The van der Waals surface area contributed by atoms with Crippen LogP contribution in [-0.2, 0) is 14.3 Å². The summed E-state index contributed by atoms with van der Waals surface area (Å²) in [5.74, 6) is 1.26. The van der Waals surface area contributed by atoms with Gasteiger partial charge >= 0.3 is 5.97 Å². The number of carboxylic acid groups (broad SMARTS) is 1. The largest absolute Gasteiger partial charge is 0.481 e. The standard InChI is InChI=1S/C40H69NO4/c1-25(2)27(4)35(8)19-20-37(10)28-15-16-30-36(9)22-44-24-40(30,29(28)17-18-38(37,11)31(35)33(42)43)21-26(3)32(36)45-23-39(12,41(13)14)34(5,6)7/h17,25-28,30-32H,15-16,18-24H2,1-14H3,(H,42,43)/t26-,27-,28+,30+,31-,32+,35-,36+,37-,38+,39-,40+/m1/s1. The van der Waals surface area contributed by atoms with E-state index in [0.29, 0.717) is 36.2 Å². The van der Waals surface area contributed by atoms with Gasteiger partial charge in [-0.15, -0.1) is 0 Å². The van der Waals surface area contributed by atoms with Crippen molar-refractivity contribution in [1.29, 1.82) is 0 Å². The van der Waals surface area contributed by atoms with Crippen LogP contribution in [0.1, 0.15) is 122 Å². The molecule has 0 aromatic rings. The minimum absolute atomic E-state index is 0.0269. The molecule has 3 saturated carbocycles. The Hall–Kier alpha value is -0.910. The first kappa shape index (κ1) is 35.4. The molecular weight excluding hydrogens is 558 g/mol. The molecule has 5 heteroatoms. The number of hydrogen-bond donors (Lipinski definition) is 1. The number of allylic oxidation sites excluding steroid dienone is 1. The molecule has 5 rings (SSSR count). The maximum absolute atomic E-state index is 13.4. The fourth-order valence-electron chi connectivity index (χ4n) is 12.6. The first-order valence-corrected chi connectivity index (χ1v) is 18.4. The van der Waals surface area contributed by atoms with E-state index in [4.69, 9.17) is 9.47 Å². The molecular formula is C40H69NO4. The third-order valence-electron chi connectivity index (χ3n) is 16.5. The molecule has 5 aliphatic rings. The first-order chi connectivity index (χ1) is 20.6. The van der Waals surface area contributed by atoms with Crippen molar-refractivity contribution in [2.24, 2.45) is 68.0 Å². The minimum atomic E-state index is -0.582.